The Morgan fingerprint density at radius 2 is 1.69 bits per heavy atom. The number of hydrogen-bond acceptors (Lipinski definition) is 5. The first-order chi connectivity index (χ1) is 12.2. The molecule has 0 unspecified atom stereocenters. The van der Waals surface area contributed by atoms with Gasteiger partial charge in [-0.3, -0.25) is 4.79 Å². The minimum Gasteiger partial charge on any atom is -0.493 e. The van der Waals surface area contributed by atoms with Crippen molar-refractivity contribution in [1.29, 1.82) is 0 Å². The number of nitrogens with one attached hydrogen (secondary N) is 1. The summed E-state index contributed by atoms with van der Waals surface area (Å²) in [5.74, 6) is 0.690. The summed E-state index contributed by atoms with van der Waals surface area (Å²) in [6, 6.07) is 6.07. The van der Waals surface area contributed by atoms with Gasteiger partial charge >= 0.3 is 5.97 Å². The Labute approximate surface area is 156 Å². The Balaban J connectivity index is 2.72. The second-order valence-electron chi connectivity index (χ2n) is 7.37. The molecule has 0 saturated carbocycles. The van der Waals surface area contributed by atoms with Gasteiger partial charge in [0.05, 0.1) is 19.8 Å². The smallest absolute Gasteiger partial charge is 0.328 e. The molecule has 146 valence electrons. The topological polar surface area (TPSA) is 90.6 Å². The summed E-state index contributed by atoms with van der Waals surface area (Å²) in [6.07, 6.45) is 0.888. The quantitative estimate of drug-likeness (QED) is 0.622. The van der Waals surface area contributed by atoms with Gasteiger partial charge in [-0.15, -0.1) is 0 Å². The highest BCUT2D eigenvalue weighted by atomic mass is 16.5. The molecule has 1 aromatic rings. The fraction of sp³-hybridized carbons (Fsp3) is 0.600. The van der Waals surface area contributed by atoms with Crippen LogP contribution in [-0.4, -0.2) is 37.7 Å². The van der Waals surface area contributed by atoms with Crippen LogP contribution in [0.2, 0.25) is 0 Å². The van der Waals surface area contributed by atoms with Gasteiger partial charge in [0.25, 0.3) is 0 Å². The first-order valence-electron chi connectivity index (χ1n) is 9.08. The molecule has 1 rings (SSSR count). The van der Waals surface area contributed by atoms with Crippen molar-refractivity contribution in [2.24, 2.45) is 17.6 Å². The van der Waals surface area contributed by atoms with Gasteiger partial charge in [0, 0.05) is 6.42 Å². The van der Waals surface area contributed by atoms with Crippen LogP contribution in [0, 0.1) is 11.8 Å². The van der Waals surface area contributed by atoms with Crippen molar-refractivity contribution in [1.82, 2.24) is 5.32 Å². The minimum atomic E-state index is -0.770. The second kappa shape index (κ2) is 10.8. The highest BCUT2D eigenvalue weighted by Gasteiger charge is 2.25. The standard InChI is InChI=1S/C20H32N2O4/c1-13(2)10-17(21)19(23)22-18(20(24)25-5)11-15-6-8-16(9-7-15)26-12-14(3)4/h6-9,13-14,17-18H,10-12,21H2,1-5H3,(H,22,23)/t17-,18-/m0/s1. The van der Waals surface area contributed by atoms with Crippen LogP contribution in [0.3, 0.4) is 0 Å². The summed E-state index contributed by atoms with van der Waals surface area (Å²) in [5, 5.41) is 2.71. The van der Waals surface area contributed by atoms with Gasteiger partial charge < -0.3 is 20.5 Å². The molecule has 0 aliphatic heterocycles. The van der Waals surface area contributed by atoms with Crippen molar-refractivity contribution >= 4 is 11.9 Å². The number of rotatable bonds is 10. The van der Waals surface area contributed by atoms with E-state index in [0.717, 1.165) is 11.3 Å². The van der Waals surface area contributed by atoms with E-state index >= 15 is 0 Å². The van der Waals surface area contributed by atoms with Crippen molar-refractivity contribution in [3.8, 4) is 5.75 Å². The van der Waals surface area contributed by atoms with E-state index in [0.29, 0.717) is 31.3 Å². The fourth-order valence-electron chi connectivity index (χ4n) is 2.45. The molecule has 0 aromatic heterocycles. The van der Waals surface area contributed by atoms with E-state index in [2.05, 4.69) is 19.2 Å². The Kier molecular flexibility index (Phi) is 9.13. The number of ether oxygens (including phenoxy) is 2. The maximum atomic E-state index is 12.2. The zero-order chi connectivity index (χ0) is 19.7. The molecule has 0 bridgehead atoms. The molecule has 1 aromatic carbocycles. The number of carbonyl (C=O) groups is 2. The molecular formula is C20H32N2O4. The molecule has 0 saturated heterocycles. The average Bonchev–Trinajstić information content (AvgIpc) is 2.59. The first-order valence-corrected chi connectivity index (χ1v) is 9.08. The average molecular weight is 364 g/mol. The number of nitrogens with two attached hydrogens (primary N) is 1. The normalized spacial score (nSPS) is 13.4. The second-order valence-corrected chi connectivity index (χ2v) is 7.37. The van der Waals surface area contributed by atoms with Crippen molar-refractivity contribution in [2.75, 3.05) is 13.7 Å². The molecule has 26 heavy (non-hydrogen) atoms. The number of amides is 1. The van der Waals surface area contributed by atoms with Crippen LogP contribution in [-0.2, 0) is 20.7 Å². The summed E-state index contributed by atoms with van der Waals surface area (Å²) in [6.45, 7) is 8.81. The maximum Gasteiger partial charge on any atom is 0.328 e. The van der Waals surface area contributed by atoms with Gasteiger partial charge in [-0.25, -0.2) is 4.79 Å². The Morgan fingerprint density at radius 1 is 1.08 bits per heavy atom. The number of esters is 1. The highest BCUT2D eigenvalue weighted by molar-refractivity contribution is 5.87. The van der Waals surface area contributed by atoms with Gasteiger partial charge in [0.15, 0.2) is 0 Å². The molecule has 0 radical (unpaired) electrons. The Hall–Kier alpha value is -2.08. The molecule has 3 N–H and O–H groups in total. The zero-order valence-corrected chi connectivity index (χ0v) is 16.5. The van der Waals surface area contributed by atoms with E-state index < -0.39 is 18.1 Å². The molecule has 0 spiro atoms. The number of benzene rings is 1. The number of carbonyl (C=O) groups excluding carboxylic acids is 2. The molecule has 0 aliphatic rings. The summed E-state index contributed by atoms with van der Waals surface area (Å²) < 4.78 is 10.5. The van der Waals surface area contributed by atoms with Crippen LogP contribution in [0.25, 0.3) is 0 Å². The van der Waals surface area contributed by atoms with E-state index in [1.165, 1.54) is 7.11 Å². The van der Waals surface area contributed by atoms with Gasteiger partial charge in [-0.05, 0) is 36.0 Å². The Bertz CT molecular complexity index is 570. The lowest BCUT2D eigenvalue weighted by Crippen LogP contribution is -2.50. The molecule has 2 atom stereocenters. The molecule has 6 nitrogen and oxygen atoms in total. The minimum absolute atomic E-state index is 0.297. The monoisotopic (exact) mass is 364 g/mol. The van der Waals surface area contributed by atoms with E-state index in [4.69, 9.17) is 15.2 Å². The fourth-order valence-corrected chi connectivity index (χ4v) is 2.45. The maximum absolute atomic E-state index is 12.2. The zero-order valence-electron chi connectivity index (χ0n) is 16.5. The highest BCUT2D eigenvalue weighted by Crippen LogP contribution is 2.15. The molecule has 6 heteroatoms. The third-order valence-corrected chi connectivity index (χ3v) is 3.81. The van der Waals surface area contributed by atoms with Crippen molar-refractivity contribution < 1.29 is 19.1 Å². The summed E-state index contributed by atoms with van der Waals surface area (Å²) >= 11 is 0. The molecule has 0 fully saturated rings. The molecule has 0 aliphatic carbocycles. The summed E-state index contributed by atoms with van der Waals surface area (Å²) in [4.78, 5) is 24.3. The lowest BCUT2D eigenvalue weighted by molar-refractivity contribution is -0.145. The predicted molar refractivity (Wildman–Crippen MR) is 102 cm³/mol. The van der Waals surface area contributed by atoms with Gasteiger partial charge in [0.1, 0.15) is 11.8 Å². The molecule has 0 heterocycles. The van der Waals surface area contributed by atoms with Gasteiger partial charge in [0.2, 0.25) is 5.91 Å². The van der Waals surface area contributed by atoms with Crippen LogP contribution >= 0.6 is 0 Å². The summed E-state index contributed by atoms with van der Waals surface area (Å²) in [7, 11) is 1.30. The lowest BCUT2D eigenvalue weighted by atomic mass is 10.0. The van der Waals surface area contributed by atoms with E-state index in [-0.39, 0.29) is 5.91 Å². The van der Waals surface area contributed by atoms with E-state index in [1.54, 1.807) is 0 Å². The van der Waals surface area contributed by atoms with Crippen LogP contribution < -0.4 is 15.8 Å². The van der Waals surface area contributed by atoms with Crippen molar-refractivity contribution in [3.63, 3.8) is 0 Å². The summed E-state index contributed by atoms with van der Waals surface area (Å²) in [5.41, 5.74) is 6.80. The SMILES string of the molecule is COC(=O)[C@H](Cc1ccc(OCC(C)C)cc1)NC(=O)[C@@H](N)CC(C)C. The predicted octanol–water partition coefficient (Wildman–Crippen LogP) is 2.30. The third-order valence-electron chi connectivity index (χ3n) is 3.81. The van der Waals surface area contributed by atoms with Gasteiger partial charge in [-0.1, -0.05) is 39.8 Å². The number of hydrogen-bond donors (Lipinski definition) is 2. The van der Waals surface area contributed by atoms with Crippen LogP contribution in [0.4, 0.5) is 0 Å². The largest absolute Gasteiger partial charge is 0.493 e. The van der Waals surface area contributed by atoms with Gasteiger partial charge in [-0.2, -0.15) is 0 Å². The van der Waals surface area contributed by atoms with Crippen molar-refractivity contribution in [2.45, 2.75) is 52.6 Å². The number of methoxy groups -OCH3 is 1. The van der Waals surface area contributed by atoms with Crippen LogP contribution in [0.1, 0.15) is 39.7 Å². The molecular weight excluding hydrogens is 332 g/mol. The lowest BCUT2D eigenvalue weighted by Gasteiger charge is -2.20. The molecule has 1 amide bonds. The third kappa shape index (κ3) is 7.87. The Morgan fingerprint density at radius 3 is 2.19 bits per heavy atom. The van der Waals surface area contributed by atoms with Crippen LogP contribution in [0.5, 0.6) is 5.75 Å². The van der Waals surface area contributed by atoms with Crippen molar-refractivity contribution in [3.05, 3.63) is 29.8 Å². The van der Waals surface area contributed by atoms with E-state index in [1.807, 2.05) is 38.1 Å². The first kappa shape index (κ1) is 22.0. The van der Waals surface area contributed by atoms with Crippen LogP contribution in [0.15, 0.2) is 24.3 Å². The van der Waals surface area contributed by atoms with E-state index in [9.17, 15) is 9.59 Å².